The quantitative estimate of drug-likeness (QED) is 0.835. The van der Waals surface area contributed by atoms with Gasteiger partial charge in [-0.3, -0.25) is 14.5 Å². The first kappa shape index (κ1) is 16.4. The van der Waals surface area contributed by atoms with Gasteiger partial charge in [-0.05, 0) is 5.92 Å². The number of rotatable bonds is 5. The van der Waals surface area contributed by atoms with Gasteiger partial charge in [-0.2, -0.15) is 5.10 Å². The lowest BCUT2D eigenvalue weighted by atomic mass is 10.0. The molecule has 7 nitrogen and oxygen atoms in total. The summed E-state index contributed by atoms with van der Waals surface area (Å²) in [5.74, 6) is 1.05. The number of carbonyl (C=O) groups excluding carboxylic acids is 1. The lowest BCUT2D eigenvalue weighted by Crippen LogP contribution is -2.37. The van der Waals surface area contributed by atoms with E-state index in [1.165, 1.54) is 5.69 Å². The fourth-order valence-electron chi connectivity index (χ4n) is 2.98. The number of amides is 1. The van der Waals surface area contributed by atoms with Crippen LogP contribution in [0.15, 0.2) is 18.6 Å². The molecule has 128 valence electrons. The number of carbonyl (C=O) groups is 1. The molecule has 3 heterocycles. The molecule has 0 saturated carbocycles. The van der Waals surface area contributed by atoms with Gasteiger partial charge in [-0.1, -0.05) is 13.8 Å². The van der Waals surface area contributed by atoms with E-state index in [4.69, 9.17) is 4.74 Å². The third-order valence-corrected chi connectivity index (χ3v) is 4.16. The van der Waals surface area contributed by atoms with Crippen LogP contribution >= 0.6 is 0 Å². The largest absolute Gasteiger partial charge is 0.470 e. The summed E-state index contributed by atoms with van der Waals surface area (Å²) < 4.78 is 7.58. The van der Waals surface area contributed by atoms with E-state index in [9.17, 15) is 4.79 Å². The number of hydrogen-bond acceptors (Lipinski definition) is 5. The molecule has 0 fully saturated rings. The Bertz CT molecular complexity index is 711. The highest BCUT2D eigenvalue weighted by molar-refractivity contribution is 5.76. The van der Waals surface area contributed by atoms with E-state index in [0.29, 0.717) is 31.4 Å². The highest BCUT2D eigenvalue weighted by Gasteiger charge is 2.27. The third-order valence-electron chi connectivity index (χ3n) is 4.16. The van der Waals surface area contributed by atoms with Crippen LogP contribution in [0, 0.1) is 5.92 Å². The predicted octanol–water partition coefficient (Wildman–Crippen LogP) is 1.72. The van der Waals surface area contributed by atoms with Gasteiger partial charge in [-0.25, -0.2) is 4.98 Å². The first-order chi connectivity index (χ1) is 11.5. The summed E-state index contributed by atoms with van der Waals surface area (Å²) in [6, 6.07) is 0. The maximum Gasteiger partial charge on any atom is 0.232 e. The number of ether oxygens (including phenoxy) is 1. The van der Waals surface area contributed by atoms with Crippen LogP contribution in [0.4, 0.5) is 0 Å². The molecule has 0 unspecified atom stereocenters. The number of hydrogen-bond donors (Lipinski definition) is 0. The highest BCUT2D eigenvalue weighted by atomic mass is 16.5. The van der Waals surface area contributed by atoms with Crippen molar-refractivity contribution in [3.8, 4) is 5.88 Å². The summed E-state index contributed by atoms with van der Waals surface area (Å²) in [4.78, 5) is 22.4. The Morgan fingerprint density at radius 2 is 2.21 bits per heavy atom. The predicted molar refractivity (Wildman–Crippen MR) is 88.1 cm³/mol. The molecular weight excluding hydrogens is 306 g/mol. The van der Waals surface area contributed by atoms with E-state index >= 15 is 0 Å². The minimum Gasteiger partial charge on any atom is -0.470 e. The van der Waals surface area contributed by atoms with Crippen molar-refractivity contribution in [3.05, 3.63) is 35.5 Å². The Kier molecular flexibility index (Phi) is 4.78. The second kappa shape index (κ2) is 6.98. The van der Waals surface area contributed by atoms with E-state index in [-0.39, 0.29) is 5.91 Å². The fourth-order valence-corrected chi connectivity index (χ4v) is 2.98. The second-order valence-corrected chi connectivity index (χ2v) is 6.49. The van der Waals surface area contributed by atoms with Gasteiger partial charge in [-0.15, -0.1) is 0 Å². The molecule has 0 aliphatic carbocycles. The Morgan fingerprint density at radius 3 is 2.92 bits per heavy atom. The molecule has 2 aromatic heterocycles. The first-order valence-corrected chi connectivity index (χ1v) is 8.24. The van der Waals surface area contributed by atoms with Gasteiger partial charge in [0.05, 0.1) is 6.20 Å². The summed E-state index contributed by atoms with van der Waals surface area (Å²) in [6.07, 6.45) is 6.19. The molecule has 0 aromatic carbocycles. The zero-order valence-electron chi connectivity index (χ0n) is 14.4. The smallest absolute Gasteiger partial charge is 0.232 e. The molecule has 2 aromatic rings. The van der Waals surface area contributed by atoms with Crippen LogP contribution in [-0.2, 0) is 31.4 Å². The number of aromatic nitrogens is 4. The van der Waals surface area contributed by atoms with Crippen molar-refractivity contribution in [1.29, 1.82) is 0 Å². The van der Waals surface area contributed by atoms with Gasteiger partial charge in [0.1, 0.15) is 12.3 Å². The average molecular weight is 329 g/mol. The van der Waals surface area contributed by atoms with E-state index in [1.807, 2.05) is 16.6 Å². The second-order valence-electron chi connectivity index (χ2n) is 6.49. The molecule has 0 atom stereocenters. The molecule has 0 spiro atoms. The van der Waals surface area contributed by atoms with Crippen molar-refractivity contribution < 1.29 is 9.53 Å². The molecule has 24 heavy (non-hydrogen) atoms. The van der Waals surface area contributed by atoms with Crippen LogP contribution in [-0.4, -0.2) is 37.1 Å². The van der Waals surface area contributed by atoms with Crippen molar-refractivity contribution in [1.82, 2.24) is 24.6 Å². The molecule has 0 saturated heterocycles. The Labute approximate surface area is 141 Å². The summed E-state index contributed by atoms with van der Waals surface area (Å²) in [6.45, 7) is 5.82. The zero-order valence-corrected chi connectivity index (χ0v) is 14.4. The van der Waals surface area contributed by atoms with Crippen molar-refractivity contribution in [2.75, 3.05) is 6.54 Å². The van der Waals surface area contributed by atoms with Crippen LogP contribution in [0.1, 0.15) is 37.2 Å². The molecule has 1 aliphatic rings. The van der Waals surface area contributed by atoms with Crippen LogP contribution in [0.2, 0.25) is 0 Å². The summed E-state index contributed by atoms with van der Waals surface area (Å²) in [7, 11) is 1.94. The highest BCUT2D eigenvalue weighted by Crippen LogP contribution is 2.24. The van der Waals surface area contributed by atoms with Crippen LogP contribution < -0.4 is 4.74 Å². The maximum absolute atomic E-state index is 12.4. The molecule has 3 rings (SSSR count). The molecular formula is C17H23N5O2. The Balaban J connectivity index is 1.73. The summed E-state index contributed by atoms with van der Waals surface area (Å²) in [5, 5.41) is 4.57. The van der Waals surface area contributed by atoms with Gasteiger partial charge >= 0.3 is 0 Å². The van der Waals surface area contributed by atoms with Crippen molar-refractivity contribution in [3.63, 3.8) is 0 Å². The van der Waals surface area contributed by atoms with Gasteiger partial charge < -0.3 is 9.64 Å². The topological polar surface area (TPSA) is 73.1 Å². The normalized spacial score (nSPS) is 13.9. The molecule has 0 bridgehead atoms. The van der Waals surface area contributed by atoms with Crippen molar-refractivity contribution in [2.24, 2.45) is 13.0 Å². The van der Waals surface area contributed by atoms with E-state index < -0.39 is 0 Å². The molecule has 7 heteroatoms. The average Bonchev–Trinajstić information content (AvgIpc) is 2.89. The molecule has 1 amide bonds. The van der Waals surface area contributed by atoms with E-state index in [0.717, 1.165) is 24.2 Å². The summed E-state index contributed by atoms with van der Waals surface area (Å²) in [5.41, 5.74) is 3.14. The van der Waals surface area contributed by atoms with Gasteiger partial charge in [0, 0.05) is 56.6 Å². The van der Waals surface area contributed by atoms with Gasteiger partial charge in [0.25, 0.3) is 0 Å². The fraction of sp³-hybridized carbons (Fsp3) is 0.529. The minimum atomic E-state index is 0.209. The number of aryl methyl sites for hydroxylation is 1. The minimum absolute atomic E-state index is 0.209. The molecule has 0 N–H and O–H groups in total. The maximum atomic E-state index is 12.4. The van der Waals surface area contributed by atoms with Crippen LogP contribution in [0.25, 0.3) is 0 Å². The third kappa shape index (κ3) is 3.55. The van der Waals surface area contributed by atoms with E-state index in [2.05, 4.69) is 28.9 Å². The standard InChI is InChI=1S/C17H23N5O2/c1-12(2)8-17(23)22-7-4-15-13(10-22)14(20-21(15)3)11-24-16-9-18-5-6-19-16/h5-6,9,12H,4,7-8,10-11H2,1-3H3. The zero-order chi connectivity index (χ0) is 17.1. The molecule has 1 aliphatic heterocycles. The number of nitrogens with zero attached hydrogens (tertiary/aromatic N) is 5. The Hall–Kier alpha value is -2.44. The lowest BCUT2D eigenvalue weighted by molar-refractivity contribution is -0.132. The van der Waals surface area contributed by atoms with Gasteiger partial charge in [0.15, 0.2) is 0 Å². The van der Waals surface area contributed by atoms with Gasteiger partial charge in [0.2, 0.25) is 11.8 Å². The SMILES string of the molecule is CC(C)CC(=O)N1CCc2c(c(COc3cnccn3)nn2C)C1. The first-order valence-electron chi connectivity index (χ1n) is 8.24. The molecule has 0 radical (unpaired) electrons. The van der Waals surface area contributed by atoms with E-state index in [1.54, 1.807) is 18.6 Å². The Morgan fingerprint density at radius 1 is 1.38 bits per heavy atom. The van der Waals surface area contributed by atoms with Crippen molar-refractivity contribution in [2.45, 2.75) is 39.8 Å². The number of fused-ring (bicyclic) bond motifs is 1. The van der Waals surface area contributed by atoms with Crippen LogP contribution in [0.3, 0.4) is 0 Å². The van der Waals surface area contributed by atoms with Crippen molar-refractivity contribution >= 4 is 5.91 Å². The summed E-state index contributed by atoms with van der Waals surface area (Å²) >= 11 is 0. The van der Waals surface area contributed by atoms with Crippen LogP contribution in [0.5, 0.6) is 5.88 Å². The monoisotopic (exact) mass is 329 g/mol. The lowest BCUT2D eigenvalue weighted by Gasteiger charge is -2.28.